The number of aryl methyl sites for hydroxylation is 1. The predicted octanol–water partition coefficient (Wildman–Crippen LogP) is 4.53. The zero-order valence-corrected chi connectivity index (χ0v) is 16.5. The topological polar surface area (TPSA) is 72.8 Å². The van der Waals surface area contributed by atoms with Gasteiger partial charge in [0.2, 0.25) is 0 Å². The van der Waals surface area contributed by atoms with Gasteiger partial charge in [-0.05, 0) is 74.8 Å². The molecule has 0 saturated heterocycles. The lowest BCUT2D eigenvalue weighted by Crippen LogP contribution is -2.24. The van der Waals surface area contributed by atoms with Crippen LogP contribution in [0.1, 0.15) is 49.7 Å². The van der Waals surface area contributed by atoms with Crippen molar-refractivity contribution in [1.29, 1.82) is 0 Å². The third-order valence-corrected chi connectivity index (χ3v) is 6.54. The number of hydrogen-bond acceptors (Lipinski definition) is 5. The molecule has 0 radical (unpaired) electrons. The Kier molecular flexibility index (Phi) is 6.07. The highest BCUT2D eigenvalue weighted by Crippen LogP contribution is 2.36. The molecular formula is C21H26O5S. The Morgan fingerprint density at radius 3 is 2.33 bits per heavy atom. The Balaban J connectivity index is 1.61. The smallest absolute Gasteiger partial charge is 0.297 e. The predicted molar refractivity (Wildman–Crippen MR) is 104 cm³/mol. The highest BCUT2D eigenvalue weighted by Gasteiger charge is 2.28. The minimum atomic E-state index is -3.88. The van der Waals surface area contributed by atoms with Gasteiger partial charge in [0.1, 0.15) is 16.4 Å². The maximum Gasteiger partial charge on any atom is 0.297 e. The van der Waals surface area contributed by atoms with E-state index >= 15 is 0 Å². The monoisotopic (exact) mass is 390 g/mol. The third kappa shape index (κ3) is 4.82. The highest BCUT2D eigenvalue weighted by molar-refractivity contribution is 7.86. The van der Waals surface area contributed by atoms with E-state index in [2.05, 4.69) is 12.1 Å². The quantitative estimate of drug-likeness (QED) is 0.734. The summed E-state index contributed by atoms with van der Waals surface area (Å²) in [6.45, 7) is 4.30. The molecule has 0 amide bonds. The standard InChI is InChI=1S/C21H26O5S/c1-3-25-19-10-5-16(6-11-19)17-7-12-20(13-8-17)26-27(23,24)21-14-18(22)9-4-15(21)2/h4-6,9-11,14,17,20,22H,3,7-8,12-13H2,1-2H3. The summed E-state index contributed by atoms with van der Waals surface area (Å²) in [7, 11) is -3.88. The first-order valence-electron chi connectivity index (χ1n) is 9.34. The summed E-state index contributed by atoms with van der Waals surface area (Å²) in [6, 6.07) is 12.4. The van der Waals surface area contributed by atoms with E-state index < -0.39 is 10.1 Å². The van der Waals surface area contributed by atoms with Crippen LogP contribution >= 0.6 is 0 Å². The van der Waals surface area contributed by atoms with Gasteiger partial charge in [0.05, 0.1) is 12.7 Å². The first-order chi connectivity index (χ1) is 12.9. The Bertz CT molecular complexity index is 866. The van der Waals surface area contributed by atoms with Gasteiger partial charge in [0, 0.05) is 6.07 Å². The molecule has 2 aromatic rings. The summed E-state index contributed by atoms with van der Waals surface area (Å²) in [5.74, 6) is 1.19. The molecular weight excluding hydrogens is 364 g/mol. The van der Waals surface area contributed by atoms with Gasteiger partial charge in [-0.15, -0.1) is 0 Å². The summed E-state index contributed by atoms with van der Waals surface area (Å²) in [6.07, 6.45) is 2.82. The van der Waals surface area contributed by atoms with Crippen LogP contribution in [0.2, 0.25) is 0 Å². The molecule has 1 aliphatic carbocycles. The normalized spacial score (nSPS) is 20.4. The number of ether oxygens (including phenoxy) is 1. The molecule has 1 aliphatic rings. The summed E-state index contributed by atoms with van der Waals surface area (Å²) in [4.78, 5) is 0.0381. The van der Waals surface area contributed by atoms with Gasteiger partial charge in [-0.1, -0.05) is 18.2 Å². The Morgan fingerprint density at radius 1 is 1.04 bits per heavy atom. The van der Waals surface area contributed by atoms with Crippen LogP contribution in [0.25, 0.3) is 0 Å². The third-order valence-electron chi connectivity index (χ3n) is 5.04. The molecule has 0 unspecified atom stereocenters. The van der Waals surface area contributed by atoms with Gasteiger partial charge in [-0.2, -0.15) is 8.42 Å². The van der Waals surface area contributed by atoms with Crippen molar-refractivity contribution < 1.29 is 22.4 Å². The summed E-state index contributed by atoms with van der Waals surface area (Å²) in [5.41, 5.74) is 1.82. The van der Waals surface area contributed by atoms with Crippen molar-refractivity contribution in [2.75, 3.05) is 6.61 Å². The molecule has 146 valence electrons. The molecule has 6 heteroatoms. The first kappa shape index (κ1) is 19.7. The zero-order valence-electron chi connectivity index (χ0n) is 15.7. The van der Waals surface area contributed by atoms with Crippen LogP contribution in [0.4, 0.5) is 0 Å². The molecule has 0 atom stereocenters. The first-order valence-corrected chi connectivity index (χ1v) is 10.8. The number of aromatic hydroxyl groups is 1. The maximum atomic E-state index is 12.6. The van der Waals surface area contributed by atoms with Crippen molar-refractivity contribution in [2.24, 2.45) is 0 Å². The van der Waals surface area contributed by atoms with Crippen LogP contribution < -0.4 is 4.74 Å². The van der Waals surface area contributed by atoms with Crippen molar-refractivity contribution in [1.82, 2.24) is 0 Å². The number of phenolic OH excluding ortho intramolecular Hbond substituents is 1. The molecule has 3 rings (SSSR count). The van der Waals surface area contributed by atoms with Gasteiger partial charge >= 0.3 is 0 Å². The van der Waals surface area contributed by atoms with Crippen molar-refractivity contribution in [2.45, 2.75) is 56.4 Å². The lowest BCUT2D eigenvalue weighted by molar-refractivity contribution is 0.153. The van der Waals surface area contributed by atoms with Crippen molar-refractivity contribution in [3.8, 4) is 11.5 Å². The molecule has 1 N–H and O–H groups in total. The fourth-order valence-electron chi connectivity index (χ4n) is 3.58. The molecule has 0 heterocycles. The number of hydrogen-bond donors (Lipinski definition) is 1. The van der Waals surface area contributed by atoms with E-state index in [9.17, 15) is 13.5 Å². The highest BCUT2D eigenvalue weighted by atomic mass is 32.2. The lowest BCUT2D eigenvalue weighted by atomic mass is 9.83. The summed E-state index contributed by atoms with van der Waals surface area (Å²) >= 11 is 0. The van der Waals surface area contributed by atoms with E-state index in [0.717, 1.165) is 18.6 Å². The van der Waals surface area contributed by atoms with Crippen LogP contribution in [-0.2, 0) is 14.3 Å². The van der Waals surface area contributed by atoms with Crippen LogP contribution in [0, 0.1) is 6.92 Å². The molecule has 27 heavy (non-hydrogen) atoms. The van der Waals surface area contributed by atoms with Crippen LogP contribution in [0.3, 0.4) is 0 Å². The molecule has 0 aliphatic heterocycles. The van der Waals surface area contributed by atoms with Crippen molar-refractivity contribution in [3.63, 3.8) is 0 Å². The average molecular weight is 391 g/mol. The van der Waals surface area contributed by atoms with Gasteiger partial charge in [0.25, 0.3) is 10.1 Å². The second kappa shape index (κ2) is 8.31. The number of rotatable bonds is 6. The van der Waals surface area contributed by atoms with E-state index in [1.807, 2.05) is 19.1 Å². The van der Waals surface area contributed by atoms with E-state index in [4.69, 9.17) is 8.92 Å². The summed E-state index contributed by atoms with van der Waals surface area (Å²) in [5, 5.41) is 9.59. The van der Waals surface area contributed by atoms with Crippen molar-refractivity contribution in [3.05, 3.63) is 53.6 Å². The zero-order chi connectivity index (χ0) is 19.4. The molecule has 5 nitrogen and oxygen atoms in total. The van der Waals surface area contributed by atoms with Gasteiger partial charge < -0.3 is 9.84 Å². The second-order valence-electron chi connectivity index (χ2n) is 6.98. The van der Waals surface area contributed by atoms with Crippen LogP contribution in [-0.4, -0.2) is 26.2 Å². The molecule has 1 saturated carbocycles. The van der Waals surface area contributed by atoms with E-state index in [0.29, 0.717) is 30.9 Å². The average Bonchev–Trinajstić information content (AvgIpc) is 2.65. The van der Waals surface area contributed by atoms with Gasteiger partial charge in [-0.25, -0.2) is 0 Å². The molecule has 0 aromatic heterocycles. The number of benzene rings is 2. The fourth-order valence-corrected chi connectivity index (χ4v) is 4.97. The SMILES string of the molecule is CCOc1ccc(C2CCC(OS(=O)(=O)c3cc(O)ccc3C)CC2)cc1. The van der Waals surface area contributed by atoms with Gasteiger partial charge in [-0.3, -0.25) is 4.18 Å². The lowest BCUT2D eigenvalue weighted by Gasteiger charge is -2.28. The van der Waals surface area contributed by atoms with E-state index in [1.165, 1.54) is 17.7 Å². The molecule has 0 bridgehead atoms. The molecule has 1 fully saturated rings. The largest absolute Gasteiger partial charge is 0.508 e. The molecule has 2 aromatic carbocycles. The molecule has 0 spiro atoms. The minimum absolute atomic E-state index is 0.0381. The Hall–Kier alpha value is -2.05. The van der Waals surface area contributed by atoms with Gasteiger partial charge in [0.15, 0.2) is 0 Å². The van der Waals surface area contributed by atoms with Crippen molar-refractivity contribution >= 4 is 10.1 Å². The fraction of sp³-hybridized carbons (Fsp3) is 0.429. The second-order valence-corrected chi connectivity index (χ2v) is 8.52. The summed E-state index contributed by atoms with van der Waals surface area (Å²) < 4.78 is 36.1. The maximum absolute atomic E-state index is 12.6. The van der Waals surface area contributed by atoms with Crippen LogP contribution in [0.5, 0.6) is 11.5 Å². The van der Waals surface area contributed by atoms with Crippen LogP contribution in [0.15, 0.2) is 47.4 Å². The Labute approximate surface area is 161 Å². The minimum Gasteiger partial charge on any atom is -0.508 e. The number of phenols is 1. The van der Waals surface area contributed by atoms with E-state index in [1.54, 1.807) is 13.0 Å². The Morgan fingerprint density at radius 2 is 1.70 bits per heavy atom. The van der Waals surface area contributed by atoms with E-state index in [-0.39, 0.29) is 16.7 Å².